The summed E-state index contributed by atoms with van der Waals surface area (Å²) in [5.41, 5.74) is 2.92. The molecule has 0 spiro atoms. The second-order valence-corrected chi connectivity index (χ2v) is 8.46. The van der Waals surface area contributed by atoms with E-state index in [1.165, 1.54) is 12.0 Å². The molecule has 7 heteroatoms. The molecule has 0 radical (unpaired) electrons. The lowest BCUT2D eigenvalue weighted by molar-refractivity contribution is -0.140. The van der Waals surface area contributed by atoms with Crippen molar-refractivity contribution < 1.29 is 24.2 Å². The molecular weight excluding hydrogens is 444 g/mol. The summed E-state index contributed by atoms with van der Waals surface area (Å²) < 4.78 is 10.6. The first-order chi connectivity index (χ1) is 16.8. The Morgan fingerprint density at radius 1 is 0.914 bits per heavy atom. The molecule has 1 heterocycles. The lowest BCUT2D eigenvalue weighted by Crippen LogP contribution is -2.29. The van der Waals surface area contributed by atoms with E-state index in [4.69, 9.17) is 9.47 Å². The highest BCUT2D eigenvalue weighted by molar-refractivity contribution is 6.46. The van der Waals surface area contributed by atoms with Crippen molar-refractivity contribution in [2.75, 3.05) is 33.2 Å². The number of rotatable bonds is 7. The van der Waals surface area contributed by atoms with E-state index in [1.807, 2.05) is 67.5 Å². The molecule has 1 N–H and O–H groups in total. The average Bonchev–Trinajstić information content (AvgIpc) is 3.13. The molecule has 1 unspecified atom stereocenters. The number of nitrogens with zero attached hydrogens (tertiary/aromatic N) is 2. The molecule has 0 bridgehead atoms. The number of anilines is 1. The Hall–Kier alpha value is -4.26. The fraction of sp³-hybridized carbons (Fsp3) is 0.214. The molecule has 0 aliphatic carbocycles. The normalized spacial score (nSPS) is 16.9. The van der Waals surface area contributed by atoms with Gasteiger partial charge in [0.2, 0.25) is 0 Å². The van der Waals surface area contributed by atoms with Crippen LogP contribution in [-0.4, -0.2) is 50.0 Å². The second-order valence-electron chi connectivity index (χ2n) is 8.46. The van der Waals surface area contributed by atoms with Crippen LogP contribution in [0.1, 0.15) is 22.7 Å². The highest BCUT2D eigenvalue weighted by Crippen LogP contribution is 2.42. The third-order valence-corrected chi connectivity index (χ3v) is 6.14. The van der Waals surface area contributed by atoms with Crippen molar-refractivity contribution in [1.29, 1.82) is 0 Å². The van der Waals surface area contributed by atoms with Crippen LogP contribution >= 0.6 is 0 Å². The number of aliphatic hydroxyl groups excluding tert-OH is 1. The summed E-state index contributed by atoms with van der Waals surface area (Å²) in [4.78, 5) is 30.0. The van der Waals surface area contributed by atoms with Crippen LogP contribution in [0, 0.1) is 0 Å². The number of aliphatic hydroxyl groups is 1. The van der Waals surface area contributed by atoms with Gasteiger partial charge in [0.1, 0.15) is 17.3 Å². The van der Waals surface area contributed by atoms with Crippen LogP contribution < -0.4 is 14.4 Å². The minimum Gasteiger partial charge on any atom is -0.507 e. The van der Waals surface area contributed by atoms with Gasteiger partial charge in [0, 0.05) is 26.3 Å². The molecule has 1 amide bonds. The number of methoxy groups -OCH3 is 2. The van der Waals surface area contributed by atoms with E-state index in [0.29, 0.717) is 17.1 Å². The van der Waals surface area contributed by atoms with Crippen LogP contribution in [0.5, 0.6) is 11.5 Å². The van der Waals surface area contributed by atoms with Gasteiger partial charge < -0.3 is 24.4 Å². The molecule has 4 rings (SSSR count). The van der Waals surface area contributed by atoms with E-state index in [9.17, 15) is 14.7 Å². The van der Waals surface area contributed by atoms with Gasteiger partial charge in [-0.3, -0.25) is 9.59 Å². The number of amides is 1. The van der Waals surface area contributed by atoms with Gasteiger partial charge in [-0.2, -0.15) is 0 Å². The standard InChI is InChI=1S/C28H28N2O5/c1-29(2)20-13-11-19(12-14-20)25-24(26(31)22-7-5-6-8-23(22)35-4)27(32)28(33)30(25)17-18-9-15-21(34-3)16-10-18/h5-16,25,31H,17H2,1-4H3/b26-24-. The van der Waals surface area contributed by atoms with E-state index in [2.05, 4.69) is 0 Å². The number of Topliss-reactive ketones (excluding diaryl/α,β-unsaturated/α-hetero) is 1. The Balaban J connectivity index is 1.85. The maximum Gasteiger partial charge on any atom is 0.295 e. The molecule has 1 aliphatic heterocycles. The molecular formula is C28H28N2O5. The van der Waals surface area contributed by atoms with Crippen molar-refractivity contribution in [3.8, 4) is 11.5 Å². The number of hydrogen-bond donors (Lipinski definition) is 1. The third kappa shape index (κ3) is 4.57. The summed E-state index contributed by atoms with van der Waals surface area (Å²) in [5.74, 6) is -0.557. The lowest BCUT2D eigenvalue weighted by Gasteiger charge is -2.26. The first-order valence-corrected chi connectivity index (χ1v) is 11.2. The van der Waals surface area contributed by atoms with E-state index >= 15 is 0 Å². The number of carbonyl (C=O) groups is 2. The first-order valence-electron chi connectivity index (χ1n) is 11.2. The minimum absolute atomic E-state index is 0.0330. The molecule has 7 nitrogen and oxygen atoms in total. The molecule has 35 heavy (non-hydrogen) atoms. The van der Waals surface area contributed by atoms with Crippen molar-refractivity contribution in [2.45, 2.75) is 12.6 Å². The Morgan fingerprint density at radius 3 is 2.17 bits per heavy atom. The topological polar surface area (TPSA) is 79.3 Å². The van der Waals surface area contributed by atoms with Crippen LogP contribution in [-0.2, 0) is 16.1 Å². The van der Waals surface area contributed by atoms with Crippen molar-refractivity contribution in [1.82, 2.24) is 4.90 Å². The Bertz CT molecular complexity index is 1260. The van der Waals surface area contributed by atoms with E-state index < -0.39 is 17.7 Å². The fourth-order valence-electron chi connectivity index (χ4n) is 4.26. The first kappa shape index (κ1) is 23.9. The van der Waals surface area contributed by atoms with E-state index in [1.54, 1.807) is 31.4 Å². The van der Waals surface area contributed by atoms with Crippen molar-refractivity contribution in [3.63, 3.8) is 0 Å². The summed E-state index contributed by atoms with van der Waals surface area (Å²) in [7, 11) is 6.95. The average molecular weight is 473 g/mol. The van der Waals surface area contributed by atoms with Gasteiger partial charge >= 0.3 is 0 Å². The highest BCUT2D eigenvalue weighted by Gasteiger charge is 2.46. The largest absolute Gasteiger partial charge is 0.507 e. The van der Waals surface area contributed by atoms with Gasteiger partial charge in [0.15, 0.2) is 0 Å². The van der Waals surface area contributed by atoms with Gasteiger partial charge in [-0.1, -0.05) is 36.4 Å². The van der Waals surface area contributed by atoms with E-state index in [0.717, 1.165) is 16.8 Å². The van der Waals surface area contributed by atoms with Gasteiger partial charge in [0.05, 0.1) is 31.4 Å². The second kappa shape index (κ2) is 9.93. The summed E-state index contributed by atoms with van der Waals surface area (Å²) in [5, 5.41) is 11.3. The van der Waals surface area contributed by atoms with Crippen molar-refractivity contribution >= 4 is 23.1 Å². The predicted octanol–water partition coefficient (Wildman–Crippen LogP) is 4.39. The summed E-state index contributed by atoms with van der Waals surface area (Å²) in [6.45, 7) is 0.192. The zero-order valence-corrected chi connectivity index (χ0v) is 20.2. The van der Waals surface area contributed by atoms with Gasteiger partial charge in [0.25, 0.3) is 11.7 Å². The fourth-order valence-corrected chi connectivity index (χ4v) is 4.26. The Kier molecular flexibility index (Phi) is 6.78. The minimum atomic E-state index is -0.766. The maximum absolute atomic E-state index is 13.3. The number of hydrogen-bond acceptors (Lipinski definition) is 6. The van der Waals surface area contributed by atoms with Crippen LogP contribution in [0.4, 0.5) is 5.69 Å². The summed E-state index contributed by atoms with van der Waals surface area (Å²) >= 11 is 0. The Labute approximate surface area is 204 Å². The zero-order valence-electron chi connectivity index (χ0n) is 20.2. The number of likely N-dealkylation sites (tertiary alicyclic amines) is 1. The number of ketones is 1. The van der Waals surface area contributed by atoms with E-state index in [-0.39, 0.29) is 17.9 Å². The predicted molar refractivity (Wildman–Crippen MR) is 135 cm³/mol. The third-order valence-electron chi connectivity index (χ3n) is 6.14. The molecule has 1 fully saturated rings. The number of benzene rings is 3. The smallest absolute Gasteiger partial charge is 0.295 e. The van der Waals surface area contributed by atoms with Crippen LogP contribution in [0.3, 0.4) is 0 Å². The van der Waals surface area contributed by atoms with Crippen LogP contribution in [0.25, 0.3) is 5.76 Å². The van der Waals surface area contributed by atoms with Gasteiger partial charge in [-0.15, -0.1) is 0 Å². The highest BCUT2D eigenvalue weighted by atomic mass is 16.5. The van der Waals surface area contributed by atoms with Crippen molar-refractivity contribution in [3.05, 3.63) is 95.1 Å². The molecule has 180 valence electrons. The SMILES string of the molecule is COc1ccc(CN2C(=O)C(=O)/C(=C(\O)c3ccccc3OC)C2c2ccc(N(C)C)cc2)cc1. The molecule has 3 aromatic carbocycles. The molecule has 1 aliphatic rings. The monoisotopic (exact) mass is 472 g/mol. The molecule has 1 atom stereocenters. The van der Waals surface area contributed by atoms with Gasteiger partial charge in [-0.05, 0) is 47.5 Å². The Morgan fingerprint density at radius 2 is 1.57 bits per heavy atom. The number of ether oxygens (including phenoxy) is 2. The number of para-hydroxylation sites is 1. The lowest BCUT2D eigenvalue weighted by atomic mass is 9.94. The summed E-state index contributed by atoms with van der Waals surface area (Å²) in [6.07, 6.45) is 0. The summed E-state index contributed by atoms with van der Waals surface area (Å²) in [6, 6.07) is 21.0. The number of carbonyl (C=O) groups excluding carboxylic acids is 2. The zero-order chi connectivity index (χ0) is 25.1. The molecule has 0 aromatic heterocycles. The maximum atomic E-state index is 13.3. The van der Waals surface area contributed by atoms with Crippen LogP contribution in [0.15, 0.2) is 78.4 Å². The van der Waals surface area contributed by atoms with Gasteiger partial charge in [-0.25, -0.2) is 0 Å². The molecule has 3 aromatic rings. The molecule has 0 saturated carbocycles. The van der Waals surface area contributed by atoms with Crippen LogP contribution in [0.2, 0.25) is 0 Å². The quantitative estimate of drug-likeness (QED) is 0.312. The van der Waals surface area contributed by atoms with Crippen molar-refractivity contribution in [2.24, 2.45) is 0 Å². The molecule has 1 saturated heterocycles.